The van der Waals surface area contributed by atoms with Gasteiger partial charge in [-0.15, -0.1) is 11.3 Å². The summed E-state index contributed by atoms with van der Waals surface area (Å²) >= 11 is 3.92. The maximum absolute atomic E-state index is 13.3. The van der Waals surface area contributed by atoms with Gasteiger partial charge in [-0.3, -0.25) is 0 Å². The Morgan fingerprint density at radius 1 is 1.06 bits per heavy atom. The quantitative estimate of drug-likeness (QED) is 0.866. The highest BCUT2D eigenvalue weighted by molar-refractivity contribution is 9.10. The largest absolute Gasteiger partial charge is 0.426 e. The van der Waals surface area contributed by atoms with Crippen LogP contribution < -0.4 is 0 Å². The normalized spacial score (nSPS) is 15.4. The van der Waals surface area contributed by atoms with Gasteiger partial charge in [-0.25, -0.2) is 0 Å². The van der Waals surface area contributed by atoms with Gasteiger partial charge in [-0.2, -0.15) is 13.2 Å². The van der Waals surface area contributed by atoms with Crippen LogP contribution in [0.15, 0.2) is 46.3 Å². The van der Waals surface area contributed by atoms with Gasteiger partial charge in [0.2, 0.25) is 5.60 Å². The minimum Gasteiger partial charge on any atom is -0.372 e. The van der Waals surface area contributed by atoms with E-state index in [4.69, 9.17) is 0 Å². The molecule has 1 aromatic heterocycles. The molecule has 0 radical (unpaired) electrons. The first-order valence-electron chi connectivity index (χ1n) is 4.95. The molecule has 0 aliphatic carbocycles. The minimum absolute atomic E-state index is 0.151. The first-order valence-corrected chi connectivity index (χ1v) is 6.62. The van der Waals surface area contributed by atoms with Crippen LogP contribution >= 0.6 is 27.3 Å². The summed E-state index contributed by atoms with van der Waals surface area (Å²) in [5.41, 5.74) is -3.19. The highest BCUT2D eigenvalue weighted by Crippen LogP contribution is 2.47. The number of hydrogen-bond acceptors (Lipinski definition) is 2. The Morgan fingerprint density at radius 3 is 2.22 bits per heavy atom. The molecule has 0 amide bonds. The molecule has 2 rings (SSSR count). The molecule has 2 aromatic rings. The van der Waals surface area contributed by atoms with E-state index in [1.54, 1.807) is 6.07 Å². The Hall–Kier alpha value is -0.850. The highest BCUT2D eigenvalue weighted by Gasteiger charge is 2.57. The smallest absolute Gasteiger partial charge is 0.372 e. The van der Waals surface area contributed by atoms with E-state index in [9.17, 15) is 18.3 Å². The molecule has 0 aliphatic rings. The van der Waals surface area contributed by atoms with Crippen LogP contribution in [0.1, 0.15) is 10.4 Å². The van der Waals surface area contributed by atoms with E-state index in [-0.39, 0.29) is 14.9 Å². The average molecular weight is 337 g/mol. The predicted octanol–water partition coefficient (Wildman–Crippen LogP) is 4.31. The van der Waals surface area contributed by atoms with Crippen LogP contribution in [0.25, 0.3) is 0 Å². The second kappa shape index (κ2) is 4.68. The second-order valence-electron chi connectivity index (χ2n) is 3.67. The molecule has 0 bridgehead atoms. The zero-order chi connectivity index (χ0) is 13.4. The number of aliphatic hydroxyl groups is 1. The summed E-state index contributed by atoms with van der Waals surface area (Å²) in [5.74, 6) is 0. The number of alkyl halides is 3. The molecular weight excluding hydrogens is 329 g/mol. The van der Waals surface area contributed by atoms with Gasteiger partial charge in [0.1, 0.15) is 0 Å². The van der Waals surface area contributed by atoms with Gasteiger partial charge in [0.15, 0.2) is 0 Å². The van der Waals surface area contributed by atoms with Gasteiger partial charge in [0.05, 0.1) is 0 Å². The Bertz CT molecular complexity index is 539. The van der Waals surface area contributed by atoms with E-state index in [1.807, 2.05) is 0 Å². The molecular formula is C12H8BrF3OS. The topological polar surface area (TPSA) is 20.2 Å². The fourth-order valence-electron chi connectivity index (χ4n) is 1.66. The van der Waals surface area contributed by atoms with Crippen molar-refractivity contribution in [1.82, 2.24) is 0 Å². The molecule has 0 saturated carbocycles. The third kappa shape index (κ3) is 2.08. The maximum Gasteiger partial charge on any atom is 0.426 e. The summed E-state index contributed by atoms with van der Waals surface area (Å²) in [4.78, 5) is -0.151. The number of hydrogen-bond donors (Lipinski definition) is 1. The van der Waals surface area contributed by atoms with Gasteiger partial charge >= 0.3 is 6.18 Å². The highest BCUT2D eigenvalue weighted by atomic mass is 79.9. The first-order chi connectivity index (χ1) is 8.37. The molecule has 6 heteroatoms. The van der Waals surface area contributed by atoms with E-state index in [0.29, 0.717) is 0 Å². The van der Waals surface area contributed by atoms with Crippen molar-refractivity contribution in [3.8, 4) is 0 Å². The van der Waals surface area contributed by atoms with Crippen LogP contribution in [-0.2, 0) is 5.60 Å². The number of thiophene rings is 1. The van der Waals surface area contributed by atoms with Gasteiger partial charge in [-0.05, 0) is 17.5 Å². The molecule has 0 fully saturated rings. The standard InChI is InChI=1S/C12H8BrF3OS/c13-9-5-2-1-4-8(9)11(17,12(14,15)16)10-6-3-7-18-10/h1-7,17H. The predicted molar refractivity (Wildman–Crippen MR) is 67.5 cm³/mol. The fraction of sp³-hybridized carbons (Fsp3) is 0.167. The zero-order valence-electron chi connectivity index (χ0n) is 8.91. The summed E-state index contributed by atoms with van der Waals surface area (Å²) in [5, 5.41) is 11.7. The van der Waals surface area contributed by atoms with Crippen molar-refractivity contribution in [3.63, 3.8) is 0 Å². The summed E-state index contributed by atoms with van der Waals surface area (Å²) < 4.78 is 40.0. The van der Waals surface area contributed by atoms with Crippen molar-refractivity contribution in [3.05, 3.63) is 56.7 Å². The monoisotopic (exact) mass is 336 g/mol. The van der Waals surface area contributed by atoms with Crippen LogP contribution in [0.5, 0.6) is 0 Å². The Labute approximate surface area is 114 Å². The Kier molecular flexibility index (Phi) is 3.53. The fourth-order valence-corrected chi connectivity index (χ4v) is 3.09. The van der Waals surface area contributed by atoms with Gasteiger partial charge in [-0.1, -0.05) is 40.2 Å². The second-order valence-corrected chi connectivity index (χ2v) is 5.47. The van der Waals surface area contributed by atoms with Crippen LogP contribution in [0.4, 0.5) is 13.2 Å². The lowest BCUT2D eigenvalue weighted by Crippen LogP contribution is -2.42. The molecule has 1 atom stereocenters. The Morgan fingerprint density at radius 2 is 1.72 bits per heavy atom. The maximum atomic E-state index is 13.3. The van der Waals surface area contributed by atoms with E-state index in [1.165, 1.54) is 35.7 Å². The van der Waals surface area contributed by atoms with Crippen LogP contribution in [0, 0.1) is 0 Å². The molecule has 1 heterocycles. The van der Waals surface area contributed by atoms with Crippen molar-refractivity contribution in [2.24, 2.45) is 0 Å². The molecule has 18 heavy (non-hydrogen) atoms. The lowest BCUT2D eigenvalue weighted by molar-refractivity contribution is -0.247. The van der Waals surface area contributed by atoms with Crippen molar-refractivity contribution in [1.29, 1.82) is 0 Å². The van der Waals surface area contributed by atoms with Crippen molar-refractivity contribution in [2.45, 2.75) is 11.8 Å². The molecule has 0 saturated heterocycles. The first kappa shape index (κ1) is 13.6. The molecule has 96 valence electrons. The van der Waals surface area contributed by atoms with E-state index >= 15 is 0 Å². The van der Waals surface area contributed by atoms with Crippen LogP contribution in [-0.4, -0.2) is 11.3 Å². The molecule has 0 aliphatic heterocycles. The van der Waals surface area contributed by atoms with Crippen molar-refractivity contribution < 1.29 is 18.3 Å². The summed E-state index contributed by atoms with van der Waals surface area (Å²) in [6, 6.07) is 8.55. The van der Waals surface area contributed by atoms with Crippen molar-refractivity contribution >= 4 is 27.3 Å². The SMILES string of the molecule is OC(c1cccs1)(c1ccccc1Br)C(F)(F)F. The third-order valence-electron chi connectivity index (χ3n) is 2.55. The summed E-state index contributed by atoms with van der Waals surface area (Å²) in [6.07, 6.45) is -4.79. The number of rotatable bonds is 2. The molecule has 1 aromatic carbocycles. The molecule has 1 N–H and O–H groups in total. The van der Waals surface area contributed by atoms with E-state index in [0.717, 1.165) is 11.3 Å². The summed E-state index contributed by atoms with van der Waals surface area (Å²) in [6.45, 7) is 0. The minimum atomic E-state index is -4.79. The number of benzene rings is 1. The van der Waals surface area contributed by atoms with Crippen LogP contribution in [0.2, 0.25) is 0 Å². The van der Waals surface area contributed by atoms with Crippen LogP contribution in [0.3, 0.4) is 0 Å². The third-order valence-corrected chi connectivity index (χ3v) is 4.22. The lowest BCUT2D eigenvalue weighted by Gasteiger charge is -2.30. The number of halogens is 4. The van der Waals surface area contributed by atoms with E-state index < -0.39 is 11.8 Å². The molecule has 0 spiro atoms. The summed E-state index contributed by atoms with van der Waals surface area (Å²) in [7, 11) is 0. The Balaban J connectivity index is 2.69. The molecule has 1 nitrogen and oxygen atoms in total. The van der Waals surface area contributed by atoms with Crippen molar-refractivity contribution in [2.75, 3.05) is 0 Å². The lowest BCUT2D eigenvalue weighted by atomic mass is 9.91. The zero-order valence-corrected chi connectivity index (χ0v) is 11.3. The van der Waals surface area contributed by atoms with Gasteiger partial charge in [0.25, 0.3) is 0 Å². The van der Waals surface area contributed by atoms with Gasteiger partial charge in [0, 0.05) is 14.9 Å². The van der Waals surface area contributed by atoms with Gasteiger partial charge < -0.3 is 5.11 Å². The average Bonchev–Trinajstić information content (AvgIpc) is 2.80. The molecule has 1 unspecified atom stereocenters. The van der Waals surface area contributed by atoms with E-state index in [2.05, 4.69) is 15.9 Å².